The van der Waals surface area contributed by atoms with Gasteiger partial charge in [0, 0.05) is 24.0 Å². The summed E-state index contributed by atoms with van der Waals surface area (Å²) in [6.07, 6.45) is 0. The Labute approximate surface area is 139 Å². The predicted octanol–water partition coefficient (Wildman–Crippen LogP) is 3.77. The number of aryl methyl sites for hydroxylation is 1. The van der Waals surface area contributed by atoms with Gasteiger partial charge < -0.3 is 14.6 Å². The number of halogens is 1. The summed E-state index contributed by atoms with van der Waals surface area (Å²) in [5, 5.41) is 4.54. The Balaban J connectivity index is 1.83. The number of ether oxygens (including phenoxy) is 1. The van der Waals surface area contributed by atoms with E-state index in [4.69, 9.17) is 16.3 Å². The van der Waals surface area contributed by atoms with Gasteiger partial charge in [0.25, 0.3) is 5.91 Å². The highest BCUT2D eigenvalue weighted by Gasteiger charge is 2.15. The summed E-state index contributed by atoms with van der Waals surface area (Å²) in [6, 6.07) is 15.0. The largest absolute Gasteiger partial charge is 0.496 e. The van der Waals surface area contributed by atoms with Crippen molar-refractivity contribution in [3.63, 3.8) is 0 Å². The van der Waals surface area contributed by atoms with Crippen molar-refractivity contribution in [3.8, 4) is 5.75 Å². The Hall–Kier alpha value is -2.46. The summed E-state index contributed by atoms with van der Waals surface area (Å²) in [6.45, 7) is 0.453. The number of benzene rings is 2. The number of fused-ring (bicyclic) bond motifs is 1. The van der Waals surface area contributed by atoms with Crippen LogP contribution in [0.25, 0.3) is 10.9 Å². The standard InChI is InChI=1S/C18H17ClN2O2/c1-21-15-4-3-5-17(23-2)14(15)10-16(21)18(22)20-11-12-6-8-13(19)9-7-12/h3-10H,11H2,1-2H3,(H,20,22). The zero-order chi connectivity index (χ0) is 16.4. The minimum atomic E-state index is -0.124. The third-order valence-electron chi connectivity index (χ3n) is 3.87. The van der Waals surface area contributed by atoms with Crippen LogP contribution in [0, 0.1) is 0 Å². The molecular weight excluding hydrogens is 312 g/mol. The number of rotatable bonds is 4. The van der Waals surface area contributed by atoms with Crippen molar-refractivity contribution in [1.82, 2.24) is 9.88 Å². The number of aromatic nitrogens is 1. The van der Waals surface area contributed by atoms with Crippen LogP contribution in [0.15, 0.2) is 48.5 Å². The lowest BCUT2D eigenvalue weighted by atomic mass is 10.2. The third-order valence-corrected chi connectivity index (χ3v) is 4.12. The smallest absolute Gasteiger partial charge is 0.268 e. The van der Waals surface area contributed by atoms with Crippen LogP contribution in [0.4, 0.5) is 0 Å². The zero-order valence-electron chi connectivity index (χ0n) is 13.0. The van der Waals surface area contributed by atoms with Gasteiger partial charge in [-0.15, -0.1) is 0 Å². The second-order valence-electron chi connectivity index (χ2n) is 5.29. The van der Waals surface area contributed by atoms with Crippen LogP contribution in [-0.2, 0) is 13.6 Å². The lowest BCUT2D eigenvalue weighted by Gasteiger charge is -2.07. The van der Waals surface area contributed by atoms with Crippen molar-refractivity contribution < 1.29 is 9.53 Å². The molecule has 0 aliphatic heterocycles. The first-order valence-electron chi connectivity index (χ1n) is 7.25. The molecule has 1 aromatic heterocycles. The lowest BCUT2D eigenvalue weighted by molar-refractivity contribution is 0.0943. The van der Waals surface area contributed by atoms with Crippen molar-refractivity contribution in [2.75, 3.05) is 7.11 Å². The van der Waals surface area contributed by atoms with Crippen molar-refractivity contribution in [2.24, 2.45) is 7.05 Å². The van der Waals surface area contributed by atoms with Crippen molar-refractivity contribution >= 4 is 28.4 Å². The van der Waals surface area contributed by atoms with Gasteiger partial charge >= 0.3 is 0 Å². The number of methoxy groups -OCH3 is 1. The molecule has 1 heterocycles. The normalized spacial score (nSPS) is 10.7. The third kappa shape index (κ3) is 3.03. The molecule has 3 aromatic rings. The highest BCUT2D eigenvalue weighted by Crippen LogP contribution is 2.28. The van der Waals surface area contributed by atoms with Crippen LogP contribution in [0.5, 0.6) is 5.75 Å². The number of amides is 1. The average molecular weight is 329 g/mol. The van der Waals surface area contributed by atoms with Gasteiger partial charge in [0.2, 0.25) is 0 Å². The SMILES string of the molecule is COc1cccc2c1cc(C(=O)NCc1ccc(Cl)cc1)n2C. The van der Waals surface area contributed by atoms with Crippen LogP contribution in [0.3, 0.4) is 0 Å². The summed E-state index contributed by atoms with van der Waals surface area (Å²) in [5.41, 5.74) is 2.55. The van der Waals surface area contributed by atoms with E-state index in [1.165, 1.54) is 0 Å². The van der Waals surface area contributed by atoms with E-state index >= 15 is 0 Å². The van der Waals surface area contributed by atoms with Crippen LogP contribution in [0.2, 0.25) is 5.02 Å². The molecule has 0 aliphatic carbocycles. The Morgan fingerprint density at radius 3 is 2.65 bits per heavy atom. The van der Waals surface area contributed by atoms with Gasteiger partial charge in [-0.1, -0.05) is 29.8 Å². The van der Waals surface area contributed by atoms with Crippen LogP contribution in [-0.4, -0.2) is 17.6 Å². The van der Waals surface area contributed by atoms with Gasteiger partial charge in [-0.2, -0.15) is 0 Å². The summed E-state index contributed by atoms with van der Waals surface area (Å²) in [5.74, 6) is 0.635. The Bertz CT molecular complexity index is 853. The Morgan fingerprint density at radius 1 is 1.22 bits per heavy atom. The molecule has 1 N–H and O–H groups in total. The fourth-order valence-electron chi connectivity index (χ4n) is 2.60. The molecule has 3 rings (SSSR count). The average Bonchev–Trinajstić information content (AvgIpc) is 2.91. The Kier molecular flexibility index (Phi) is 4.26. The lowest BCUT2D eigenvalue weighted by Crippen LogP contribution is -2.24. The molecule has 0 spiro atoms. The second-order valence-corrected chi connectivity index (χ2v) is 5.73. The number of nitrogens with one attached hydrogen (secondary N) is 1. The predicted molar refractivity (Wildman–Crippen MR) is 92.1 cm³/mol. The monoisotopic (exact) mass is 328 g/mol. The molecular formula is C18H17ClN2O2. The van der Waals surface area contributed by atoms with E-state index in [0.29, 0.717) is 17.3 Å². The molecule has 0 fully saturated rings. The van der Waals surface area contributed by atoms with Gasteiger partial charge in [0.15, 0.2) is 0 Å². The van der Waals surface area contributed by atoms with Gasteiger partial charge in [-0.3, -0.25) is 4.79 Å². The zero-order valence-corrected chi connectivity index (χ0v) is 13.7. The number of carbonyl (C=O) groups excluding carboxylic acids is 1. The van der Waals surface area contributed by atoms with Crippen molar-refractivity contribution in [1.29, 1.82) is 0 Å². The quantitative estimate of drug-likeness (QED) is 0.792. The molecule has 0 radical (unpaired) electrons. The number of hydrogen-bond donors (Lipinski definition) is 1. The first-order valence-corrected chi connectivity index (χ1v) is 7.63. The molecule has 118 valence electrons. The highest BCUT2D eigenvalue weighted by atomic mass is 35.5. The first-order chi connectivity index (χ1) is 11.1. The number of nitrogens with zero attached hydrogens (tertiary/aromatic N) is 1. The maximum Gasteiger partial charge on any atom is 0.268 e. The van der Waals surface area contributed by atoms with E-state index in [9.17, 15) is 4.79 Å². The molecule has 0 bridgehead atoms. The van der Waals surface area contributed by atoms with Crippen LogP contribution >= 0.6 is 11.6 Å². The van der Waals surface area contributed by atoms with E-state index in [1.807, 2.05) is 60.1 Å². The molecule has 0 unspecified atom stereocenters. The van der Waals surface area contributed by atoms with E-state index in [-0.39, 0.29) is 5.91 Å². The molecule has 2 aromatic carbocycles. The summed E-state index contributed by atoms with van der Waals surface area (Å²) < 4.78 is 7.23. The fourth-order valence-corrected chi connectivity index (χ4v) is 2.73. The van der Waals surface area contributed by atoms with E-state index in [0.717, 1.165) is 22.2 Å². The molecule has 0 atom stereocenters. The number of hydrogen-bond acceptors (Lipinski definition) is 2. The summed E-state index contributed by atoms with van der Waals surface area (Å²) in [4.78, 5) is 12.5. The molecule has 1 amide bonds. The van der Waals surface area contributed by atoms with Crippen LogP contribution < -0.4 is 10.1 Å². The van der Waals surface area contributed by atoms with Gasteiger partial charge in [-0.25, -0.2) is 0 Å². The molecule has 0 aliphatic rings. The van der Waals surface area contributed by atoms with Crippen molar-refractivity contribution in [3.05, 3.63) is 64.8 Å². The van der Waals surface area contributed by atoms with E-state index in [1.54, 1.807) is 7.11 Å². The maximum absolute atomic E-state index is 12.5. The molecule has 23 heavy (non-hydrogen) atoms. The molecule has 5 heteroatoms. The van der Waals surface area contributed by atoms with E-state index < -0.39 is 0 Å². The molecule has 4 nitrogen and oxygen atoms in total. The van der Waals surface area contributed by atoms with Gasteiger partial charge in [0.05, 0.1) is 12.6 Å². The second kappa shape index (κ2) is 6.34. The van der Waals surface area contributed by atoms with E-state index in [2.05, 4.69) is 5.32 Å². The van der Waals surface area contributed by atoms with Gasteiger partial charge in [0.1, 0.15) is 11.4 Å². The van der Waals surface area contributed by atoms with Crippen LogP contribution in [0.1, 0.15) is 16.1 Å². The molecule has 0 saturated heterocycles. The minimum Gasteiger partial charge on any atom is -0.496 e. The highest BCUT2D eigenvalue weighted by molar-refractivity contribution is 6.30. The first kappa shape index (κ1) is 15.4. The van der Waals surface area contributed by atoms with Gasteiger partial charge in [-0.05, 0) is 35.9 Å². The van der Waals surface area contributed by atoms with Crippen molar-refractivity contribution in [2.45, 2.75) is 6.54 Å². The summed E-state index contributed by atoms with van der Waals surface area (Å²) in [7, 11) is 3.50. The number of carbonyl (C=O) groups is 1. The topological polar surface area (TPSA) is 43.3 Å². The summed E-state index contributed by atoms with van der Waals surface area (Å²) >= 11 is 5.86. The molecule has 0 saturated carbocycles. The minimum absolute atomic E-state index is 0.124. The maximum atomic E-state index is 12.5. The Morgan fingerprint density at radius 2 is 1.96 bits per heavy atom. The fraction of sp³-hybridized carbons (Fsp3) is 0.167.